The van der Waals surface area contributed by atoms with Gasteiger partial charge in [0, 0.05) is 24.8 Å². The van der Waals surface area contributed by atoms with Gasteiger partial charge in [0.15, 0.2) is 0 Å². The van der Waals surface area contributed by atoms with E-state index in [0.29, 0.717) is 17.5 Å². The third-order valence-electron chi connectivity index (χ3n) is 3.07. The van der Waals surface area contributed by atoms with E-state index in [-0.39, 0.29) is 5.02 Å². The van der Waals surface area contributed by atoms with Crippen molar-refractivity contribution in [1.29, 1.82) is 0 Å². The predicted octanol–water partition coefficient (Wildman–Crippen LogP) is 3.92. The Morgan fingerprint density at radius 3 is 2.85 bits per heavy atom. The number of pyridine rings is 1. The number of nitrogens with zero attached hydrogens (tertiary/aromatic N) is 1. The summed E-state index contributed by atoms with van der Waals surface area (Å²) in [6.07, 6.45) is 5.92. The molecule has 20 heavy (non-hydrogen) atoms. The highest BCUT2D eigenvalue weighted by Gasteiger charge is 2.19. The molecule has 1 aromatic carbocycles. The van der Waals surface area contributed by atoms with Crippen molar-refractivity contribution in [2.24, 2.45) is 0 Å². The van der Waals surface area contributed by atoms with Crippen molar-refractivity contribution >= 4 is 11.6 Å². The molecule has 0 saturated heterocycles. The summed E-state index contributed by atoms with van der Waals surface area (Å²) < 4.78 is 18.7. The van der Waals surface area contributed by atoms with E-state index in [4.69, 9.17) is 16.3 Å². The lowest BCUT2D eigenvalue weighted by atomic mass is 10.2. The summed E-state index contributed by atoms with van der Waals surface area (Å²) in [5.41, 5.74) is 1.06. The van der Waals surface area contributed by atoms with Crippen LogP contribution in [0.4, 0.5) is 4.39 Å². The van der Waals surface area contributed by atoms with Crippen LogP contribution in [0.1, 0.15) is 18.4 Å². The molecule has 1 aromatic heterocycles. The Bertz CT molecular complexity index is 617. The molecular formula is C15H14ClFN2O. The van der Waals surface area contributed by atoms with Gasteiger partial charge in [-0.1, -0.05) is 11.6 Å². The van der Waals surface area contributed by atoms with Gasteiger partial charge in [-0.25, -0.2) is 4.39 Å². The van der Waals surface area contributed by atoms with Crippen LogP contribution in [0.15, 0.2) is 36.7 Å². The lowest BCUT2D eigenvalue weighted by molar-refractivity contribution is 0.477. The van der Waals surface area contributed by atoms with E-state index in [2.05, 4.69) is 10.3 Å². The number of ether oxygens (including phenoxy) is 1. The third kappa shape index (κ3) is 3.46. The van der Waals surface area contributed by atoms with Crippen molar-refractivity contribution < 1.29 is 9.13 Å². The Balaban J connectivity index is 1.69. The molecule has 0 radical (unpaired) electrons. The summed E-state index contributed by atoms with van der Waals surface area (Å²) in [6.45, 7) is 0.777. The number of aromatic nitrogens is 1. The molecule has 3 rings (SSSR count). The standard InChI is InChI=1S/C15H14ClFN2O/c16-14-6-12(3-4-15(14)17)20-13-5-10(7-18-9-13)8-19-11-1-2-11/h3-7,9,11,19H,1-2,8H2. The van der Waals surface area contributed by atoms with Gasteiger partial charge in [0.1, 0.15) is 17.3 Å². The van der Waals surface area contributed by atoms with Gasteiger partial charge in [0.25, 0.3) is 0 Å². The van der Waals surface area contributed by atoms with Crippen molar-refractivity contribution in [3.05, 3.63) is 53.1 Å². The summed E-state index contributed by atoms with van der Waals surface area (Å²) in [5.74, 6) is 0.646. The molecule has 1 aliphatic rings. The molecular weight excluding hydrogens is 279 g/mol. The Morgan fingerprint density at radius 2 is 2.10 bits per heavy atom. The summed E-state index contributed by atoms with van der Waals surface area (Å²) >= 11 is 5.72. The third-order valence-corrected chi connectivity index (χ3v) is 3.36. The largest absolute Gasteiger partial charge is 0.456 e. The Labute approximate surface area is 121 Å². The lowest BCUT2D eigenvalue weighted by Crippen LogP contribution is -2.15. The molecule has 104 valence electrons. The second-order valence-electron chi connectivity index (χ2n) is 4.86. The average Bonchev–Trinajstić information content (AvgIpc) is 3.25. The van der Waals surface area contributed by atoms with Crippen LogP contribution < -0.4 is 10.1 Å². The summed E-state index contributed by atoms with van der Waals surface area (Å²) in [6, 6.07) is 6.83. The van der Waals surface area contributed by atoms with E-state index < -0.39 is 5.82 Å². The van der Waals surface area contributed by atoms with Crippen LogP contribution in [0.25, 0.3) is 0 Å². The first-order chi connectivity index (χ1) is 9.70. The van der Waals surface area contributed by atoms with Gasteiger partial charge in [0.05, 0.1) is 11.2 Å². The molecule has 0 unspecified atom stereocenters. The van der Waals surface area contributed by atoms with Crippen molar-refractivity contribution in [3.8, 4) is 11.5 Å². The zero-order valence-electron chi connectivity index (χ0n) is 10.8. The normalized spacial score (nSPS) is 14.3. The Hall–Kier alpha value is -1.65. The second kappa shape index (κ2) is 5.77. The topological polar surface area (TPSA) is 34.1 Å². The Morgan fingerprint density at radius 1 is 1.25 bits per heavy atom. The highest BCUT2D eigenvalue weighted by atomic mass is 35.5. The van der Waals surface area contributed by atoms with E-state index in [0.717, 1.165) is 12.1 Å². The van der Waals surface area contributed by atoms with Crippen LogP contribution in [-0.2, 0) is 6.54 Å². The predicted molar refractivity (Wildman–Crippen MR) is 75.6 cm³/mol. The molecule has 0 spiro atoms. The van der Waals surface area contributed by atoms with E-state index in [9.17, 15) is 4.39 Å². The summed E-state index contributed by atoms with van der Waals surface area (Å²) in [4.78, 5) is 4.15. The van der Waals surface area contributed by atoms with Gasteiger partial charge in [-0.3, -0.25) is 4.98 Å². The molecule has 1 fully saturated rings. The van der Waals surface area contributed by atoms with E-state index in [1.165, 1.54) is 31.0 Å². The number of hydrogen-bond donors (Lipinski definition) is 1. The maximum absolute atomic E-state index is 13.1. The van der Waals surface area contributed by atoms with Gasteiger partial charge in [0.2, 0.25) is 0 Å². The van der Waals surface area contributed by atoms with Gasteiger partial charge in [-0.05, 0) is 36.6 Å². The van der Waals surface area contributed by atoms with Crippen LogP contribution in [0.3, 0.4) is 0 Å². The maximum atomic E-state index is 13.1. The zero-order valence-corrected chi connectivity index (χ0v) is 11.5. The van der Waals surface area contributed by atoms with Crippen molar-refractivity contribution in [2.75, 3.05) is 0 Å². The molecule has 3 nitrogen and oxygen atoms in total. The highest BCUT2D eigenvalue weighted by Crippen LogP contribution is 2.26. The number of nitrogens with one attached hydrogen (secondary N) is 1. The fourth-order valence-electron chi connectivity index (χ4n) is 1.84. The van der Waals surface area contributed by atoms with Crippen molar-refractivity contribution in [1.82, 2.24) is 10.3 Å². The first-order valence-corrected chi connectivity index (χ1v) is 6.89. The highest BCUT2D eigenvalue weighted by molar-refractivity contribution is 6.30. The molecule has 1 saturated carbocycles. The molecule has 1 aliphatic carbocycles. The first-order valence-electron chi connectivity index (χ1n) is 6.51. The molecule has 0 bridgehead atoms. The smallest absolute Gasteiger partial charge is 0.146 e. The van der Waals surface area contributed by atoms with Crippen molar-refractivity contribution in [2.45, 2.75) is 25.4 Å². The molecule has 1 N–H and O–H groups in total. The van der Waals surface area contributed by atoms with E-state index >= 15 is 0 Å². The minimum atomic E-state index is -0.459. The molecule has 5 heteroatoms. The van der Waals surface area contributed by atoms with Gasteiger partial charge in [-0.2, -0.15) is 0 Å². The minimum absolute atomic E-state index is 0.0435. The quantitative estimate of drug-likeness (QED) is 0.907. The second-order valence-corrected chi connectivity index (χ2v) is 5.27. The maximum Gasteiger partial charge on any atom is 0.146 e. The van der Waals surface area contributed by atoms with E-state index in [1.54, 1.807) is 12.4 Å². The average molecular weight is 293 g/mol. The fourth-order valence-corrected chi connectivity index (χ4v) is 2.01. The number of rotatable bonds is 5. The first kappa shape index (κ1) is 13.3. The SMILES string of the molecule is Fc1ccc(Oc2cncc(CNC3CC3)c2)cc1Cl. The Kier molecular flexibility index (Phi) is 3.85. The minimum Gasteiger partial charge on any atom is -0.456 e. The van der Waals surface area contributed by atoms with Gasteiger partial charge >= 0.3 is 0 Å². The number of benzene rings is 1. The van der Waals surface area contributed by atoms with Crippen LogP contribution in [0.2, 0.25) is 5.02 Å². The van der Waals surface area contributed by atoms with Crippen LogP contribution in [-0.4, -0.2) is 11.0 Å². The monoisotopic (exact) mass is 292 g/mol. The number of halogens is 2. The van der Waals surface area contributed by atoms with Gasteiger partial charge < -0.3 is 10.1 Å². The molecule has 0 atom stereocenters. The molecule has 0 amide bonds. The van der Waals surface area contributed by atoms with Crippen LogP contribution >= 0.6 is 11.6 Å². The lowest BCUT2D eigenvalue weighted by Gasteiger charge is -2.08. The van der Waals surface area contributed by atoms with E-state index in [1.807, 2.05) is 6.07 Å². The molecule has 0 aliphatic heterocycles. The molecule has 2 aromatic rings. The van der Waals surface area contributed by atoms with Crippen LogP contribution in [0, 0.1) is 5.82 Å². The number of hydrogen-bond acceptors (Lipinski definition) is 3. The van der Waals surface area contributed by atoms with Crippen molar-refractivity contribution in [3.63, 3.8) is 0 Å². The fraction of sp³-hybridized carbons (Fsp3) is 0.267. The summed E-state index contributed by atoms with van der Waals surface area (Å²) in [7, 11) is 0. The van der Waals surface area contributed by atoms with Gasteiger partial charge in [-0.15, -0.1) is 0 Å². The zero-order chi connectivity index (χ0) is 13.9. The summed E-state index contributed by atoms with van der Waals surface area (Å²) in [5, 5.41) is 3.46. The van der Waals surface area contributed by atoms with Crippen LogP contribution in [0.5, 0.6) is 11.5 Å². The molecule has 1 heterocycles.